The fraction of sp³-hybridized carbons (Fsp3) is 0.333. The van der Waals surface area contributed by atoms with Gasteiger partial charge in [-0.1, -0.05) is 23.9 Å². The SMILES string of the molecule is CC(NC(CO)c1ccco1)c1ccc(SC(F)F)cc1. The van der Waals surface area contributed by atoms with Gasteiger partial charge in [-0.3, -0.25) is 5.32 Å². The summed E-state index contributed by atoms with van der Waals surface area (Å²) in [7, 11) is 0. The number of hydrogen-bond acceptors (Lipinski definition) is 4. The van der Waals surface area contributed by atoms with E-state index in [4.69, 9.17) is 4.42 Å². The summed E-state index contributed by atoms with van der Waals surface area (Å²) < 4.78 is 29.8. The minimum atomic E-state index is -2.41. The number of rotatable bonds is 7. The van der Waals surface area contributed by atoms with Gasteiger partial charge in [0.05, 0.1) is 18.9 Å². The fourth-order valence-corrected chi connectivity index (χ4v) is 2.55. The first-order chi connectivity index (χ1) is 10.1. The molecule has 114 valence electrons. The highest BCUT2D eigenvalue weighted by Crippen LogP contribution is 2.27. The van der Waals surface area contributed by atoms with E-state index in [1.807, 2.05) is 6.92 Å². The molecule has 0 aliphatic rings. The molecule has 1 heterocycles. The van der Waals surface area contributed by atoms with Crippen molar-refractivity contribution in [2.24, 2.45) is 0 Å². The summed E-state index contributed by atoms with van der Waals surface area (Å²) in [5.41, 5.74) is 0.957. The molecule has 21 heavy (non-hydrogen) atoms. The first-order valence-electron chi connectivity index (χ1n) is 6.55. The number of aliphatic hydroxyl groups is 1. The van der Waals surface area contributed by atoms with Crippen molar-refractivity contribution in [2.75, 3.05) is 6.61 Å². The summed E-state index contributed by atoms with van der Waals surface area (Å²) in [6, 6.07) is 10.2. The van der Waals surface area contributed by atoms with Crippen LogP contribution >= 0.6 is 11.8 Å². The minimum absolute atomic E-state index is 0.0437. The van der Waals surface area contributed by atoms with E-state index in [0.717, 1.165) is 5.56 Å². The van der Waals surface area contributed by atoms with E-state index in [2.05, 4.69) is 5.32 Å². The van der Waals surface area contributed by atoms with E-state index in [0.29, 0.717) is 22.4 Å². The molecule has 2 N–H and O–H groups in total. The van der Waals surface area contributed by atoms with Crippen molar-refractivity contribution < 1.29 is 18.3 Å². The average Bonchev–Trinajstić information content (AvgIpc) is 2.98. The van der Waals surface area contributed by atoms with Gasteiger partial charge in [0.1, 0.15) is 5.76 Å². The number of aliphatic hydroxyl groups excluding tert-OH is 1. The Morgan fingerprint density at radius 1 is 1.24 bits per heavy atom. The summed E-state index contributed by atoms with van der Waals surface area (Å²) in [6.45, 7) is 1.86. The quantitative estimate of drug-likeness (QED) is 0.759. The van der Waals surface area contributed by atoms with Crippen LogP contribution in [0.25, 0.3) is 0 Å². The number of thioether (sulfide) groups is 1. The zero-order valence-electron chi connectivity index (χ0n) is 11.5. The highest BCUT2D eigenvalue weighted by Gasteiger charge is 2.17. The van der Waals surface area contributed by atoms with Crippen molar-refractivity contribution in [3.05, 3.63) is 54.0 Å². The first-order valence-corrected chi connectivity index (χ1v) is 7.43. The fourth-order valence-electron chi connectivity index (χ4n) is 2.05. The van der Waals surface area contributed by atoms with Crippen LogP contribution in [-0.2, 0) is 0 Å². The average molecular weight is 313 g/mol. The lowest BCUT2D eigenvalue weighted by Gasteiger charge is -2.20. The second-order valence-electron chi connectivity index (χ2n) is 4.59. The maximum atomic E-state index is 12.3. The lowest BCUT2D eigenvalue weighted by molar-refractivity contribution is 0.217. The van der Waals surface area contributed by atoms with Gasteiger partial charge in [0, 0.05) is 10.9 Å². The van der Waals surface area contributed by atoms with E-state index in [1.165, 1.54) is 0 Å². The molecule has 2 aromatic rings. The van der Waals surface area contributed by atoms with Crippen LogP contribution in [0.4, 0.5) is 8.78 Å². The number of alkyl halides is 2. The van der Waals surface area contributed by atoms with Crippen molar-refractivity contribution in [1.82, 2.24) is 5.32 Å². The van der Waals surface area contributed by atoms with Crippen LogP contribution in [0.15, 0.2) is 52.0 Å². The smallest absolute Gasteiger partial charge is 0.288 e. The molecule has 0 spiro atoms. The Morgan fingerprint density at radius 2 is 1.95 bits per heavy atom. The number of furan rings is 1. The number of benzene rings is 1. The summed E-state index contributed by atoms with van der Waals surface area (Å²) >= 11 is 0.527. The number of hydrogen-bond donors (Lipinski definition) is 2. The Labute approximate surface area is 126 Å². The summed E-state index contributed by atoms with van der Waals surface area (Å²) in [5.74, 6) is -1.75. The molecular formula is C15H17F2NO2S. The molecule has 0 bridgehead atoms. The van der Waals surface area contributed by atoms with Crippen LogP contribution in [0.1, 0.15) is 30.3 Å². The van der Waals surface area contributed by atoms with Gasteiger partial charge in [-0.15, -0.1) is 0 Å². The third kappa shape index (κ3) is 4.56. The highest BCUT2D eigenvalue weighted by atomic mass is 32.2. The topological polar surface area (TPSA) is 45.4 Å². The van der Waals surface area contributed by atoms with Crippen LogP contribution in [-0.4, -0.2) is 17.5 Å². The van der Waals surface area contributed by atoms with Gasteiger partial charge in [0.25, 0.3) is 5.76 Å². The third-order valence-electron chi connectivity index (χ3n) is 3.13. The Balaban J connectivity index is 2.00. The molecule has 1 aromatic carbocycles. The van der Waals surface area contributed by atoms with Gasteiger partial charge < -0.3 is 9.52 Å². The minimum Gasteiger partial charge on any atom is -0.468 e. The van der Waals surface area contributed by atoms with E-state index < -0.39 is 5.76 Å². The molecule has 2 atom stereocenters. The van der Waals surface area contributed by atoms with Crippen LogP contribution in [0.5, 0.6) is 0 Å². The largest absolute Gasteiger partial charge is 0.468 e. The monoisotopic (exact) mass is 313 g/mol. The van der Waals surface area contributed by atoms with E-state index >= 15 is 0 Å². The molecular weight excluding hydrogens is 296 g/mol. The Hall–Kier alpha value is -1.37. The maximum Gasteiger partial charge on any atom is 0.288 e. The molecule has 6 heteroatoms. The standard InChI is InChI=1S/C15H17F2NO2S/c1-10(18-13(9-19)14-3-2-8-20-14)11-4-6-12(7-5-11)21-15(16)17/h2-8,10,13,15,18-19H,9H2,1H3. The lowest BCUT2D eigenvalue weighted by Crippen LogP contribution is -2.26. The second kappa shape index (κ2) is 7.59. The normalized spacial score (nSPS) is 14.3. The predicted octanol–water partition coefficient (Wildman–Crippen LogP) is 3.98. The molecule has 1 aromatic heterocycles. The highest BCUT2D eigenvalue weighted by molar-refractivity contribution is 7.99. The molecule has 0 aliphatic heterocycles. The molecule has 0 fully saturated rings. The summed E-state index contributed by atoms with van der Waals surface area (Å²) in [6.07, 6.45) is 1.56. The van der Waals surface area contributed by atoms with Gasteiger partial charge in [0.15, 0.2) is 0 Å². The Morgan fingerprint density at radius 3 is 2.48 bits per heavy atom. The lowest BCUT2D eigenvalue weighted by atomic mass is 10.1. The zero-order chi connectivity index (χ0) is 15.2. The summed E-state index contributed by atoms with van der Waals surface area (Å²) in [4.78, 5) is 0.533. The number of halogens is 2. The summed E-state index contributed by atoms with van der Waals surface area (Å²) in [5, 5.41) is 12.7. The van der Waals surface area contributed by atoms with Gasteiger partial charge in [-0.25, -0.2) is 0 Å². The van der Waals surface area contributed by atoms with Crippen molar-refractivity contribution >= 4 is 11.8 Å². The second-order valence-corrected chi connectivity index (χ2v) is 5.65. The molecule has 2 rings (SSSR count). The van der Waals surface area contributed by atoms with Gasteiger partial charge in [-0.2, -0.15) is 8.78 Å². The van der Waals surface area contributed by atoms with Gasteiger partial charge >= 0.3 is 0 Å². The van der Waals surface area contributed by atoms with E-state index in [-0.39, 0.29) is 18.7 Å². The zero-order valence-corrected chi connectivity index (χ0v) is 12.3. The predicted molar refractivity (Wildman–Crippen MR) is 78.4 cm³/mol. The maximum absolute atomic E-state index is 12.3. The van der Waals surface area contributed by atoms with E-state index in [1.54, 1.807) is 42.7 Å². The van der Waals surface area contributed by atoms with Crippen molar-refractivity contribution in [3.8, 4) is 0 Å². The molecule has 0 amide bonds. The van der Waals surface area contributed by atoms with Crippen LogP contribution in [0, 0.1) is 0 Å². The molecule has 0 radical (unpaired) electrons. The van der Waals surface area contributed by atoms with E-state index in [9.17, 15) is 13.9 Å². The van der Waals surface area contributed by atoms with Crippen molar-refractivity contribution in [3.63, 3.8) is 0 Å². The van der Waals surface area contributed by atoms with Crippen LogP contribution in [0.2, 0.25) is 0 Å². The molecule has 2 unspecified atom stereocenters. The molecule has 0 saturated carbocycles. The number of nitrogens with one attached hydrogen (secondary N) is 1. The first kappa shape index (κ1) is 16.0. The van der Waals surface area contributed by atoms with Crippen molar-refractivity contribution in [2.45, 2.75) is 29.7 Å². The van der Waals surface area contributed by atoms with Gasteiger partial charge in [-0.05, 0) is 36.8 Å². The van der Waals surface area contributed by atoms with Gasteiger partial charge in [0.2, 0.25) is 0 Å². The third-order valence-corrected chi connectivity index (χ3v) is 3.85. The Bertz CT molecular complexity index is 531. The van der Waals surface area contributed by atoms with Crippen LogP contribution < -0.4 is 5.32 Å². The molecule has 3 nitrogen and oxygen atoms in total. The molecule has 0 aliphatic carbocycles. The molecule has 0 saturated heterocycles. The van der Waals surface area contributed by atoms with Crippen LogP contribution in [0.3, 0.4) is 0 Å². The Kier molecular flexibility index (Phi) is 5.78. The van der Waals surface area contributed by atoms with Crippen molar-refractivity contribution in [1.29, 1.82) is 0 Å².